The Labute approximate surface area is 82.6 Å². The van der Waals surface area contributed by atoms with Gasteiger partial charge in [-0.25, -0.2) is 0 Å². The van der Waals surface area contributed by atoms with Crippen molar-refractivity contribution >= 4 is 7.85 Å². The lowest BCUT2D eigenvalue weighted by Gasteiger charge is -2.29. The second-order valence-electron chi connectivity index (χ2n) is 4.09. The van der Waals surface area contributed by atoms with Gasteiger partial charge in [0.1, 0.15) is 7.85 Å². The van der Waals surface area contributed by atoms with Crippen LogP contribution in [-0.2, 0) is 0 Å². The quantitative estimate of drug-likeness (QED) is 0.625. The molecule has 0 aliphatic heterocycles. The molecule has 0 rings (SSSR count). The van der Waals surface area contributed by atoms with E-state index < -0.39 is 5.54 Å². The summed E-state index contributed by atoms with van der Waals surface area (Å²) in [6.45, 7) is 5.82. The minimum Gasteiger partial charge on any atom is -0.394 e. The van der Waals surface area contributed by atoms with Crippen LogP contribution in [0.1, 0.15) is 33.6 Å². The number of hydrogen-bond donors (Lipinski definition) is 2. The van der Waals surface area contributed by atoms with E-state index >= 15 is 0 Å². The van der Waals surface area contributed by atoms with E-state index in [-0.39, 0.29) is 6.61 Å². The predicted octanol–water partition coefficient (Wildman–Crippen LogP) is 1.18. The molecule has 0 aromatic carbocycles. The SMILES string of the molecule is [B]/C(C)=C/CC[C@H](C)[C@@](C)(N)CO. The maximum Gasteiger partial charge on any atom is 0.106 e. The Kier molecular flexibility index (Phi) is 5.34. The van der Waals surface area contributed by atoms with E-state index in [1.54, 1.807) is 0 Å². The Morgan fingerprint density at radius 2 is 2.23 bits per heavy atom. The topological polar surface area (TPSA) is 46.2 Å². The van der Waals surface area contributed by atoms with Crippen molar-refractivity contribution in [3.05, 3.63) is 11.5 Å². The Morgan fingerprint density at radius 1 is 1.69 bits per heavy atom. The molecule has 0 heterocycles. The molecule has 0 aromatic rings. The summed E-state index contributed by atoms with van der Waals surface area (Å²) in [5, 5.41) is 9.01. The zero-order chi connectivity index (χ0) is 10.5. The van der Waals surface area contributed by atoms with Crippen LogP contribution in [0.4, 0.5) is 0 Å². The van der Waals surface area contributed by atoms with Crippen LogP contribution in [0.2, 0.25) is 0 Å². The molecule has 3 N–H and O–H groups in total. The van der Waals surface area contributed by atoms with E-state index in [1.165, 1.54) is 0 Å². The van der Waals surface area contributed by atoms with E-state index in [4.69, 9.17) is 18.7 Å². The second kappa shape index (κ2) is 5.45. The van der Waals surface area contributed by atoms with Crippen LogP contribution < -0.4 is 5.73 Å². The number of aliphatic hydroxyl groups excluding tert-OH is 1. The Bertz CT molecular complexity index is 174. The van der Waals surface area contributed by atoms with Gasteiger partial charge in [-0.05, 0) is 25.7 Å². The molecule has 2 atom stereocenters. The maximum atomic E-state index is 9.01. The molecule has 0 bridgehead atoms. The smallest absolute Gasteiger partial charge is 0.106 e. The highest BCUT2D eigenvalue weighted by Gasteiger charge is 2.24. The first-order chi connectivity index (χ1) is 5.90. The predicted molar refractivity (Wildman–Crippen MR) is 57.6 cm³/mol. The number of aliphatic hydroxyl groups is 1. The molecule has 0 amide bonds. The van der Waals surface area contributed by atoms with Gasteiger partial charge in [0.05, 0.1) is 6.61 Å². The van der Waals surface area contributed by atoms with E-state index in [0.29, 0.717) is 5.92 Å². The van der Waals surface area contributed by atoms with Gasteiger partial charge in [0.25, 0.3) is 0 Å². The summed E-state index contributed by atoms with van der Waals surface area (Å²) in [5.74, 6) is 0.299. The number of allylic oxidation sites excluding steroid dienone is 2. The van der Waals surface area contributed by atoms with Gasteiger partial charge in [0.2, 0.25) is 0 Å². The van der Waals surface area contributed by atoms with Crippen LogP contribution in [0.25, 0.3) is 0 Å². The van der Waals surface area contributed by atoms with Crippen molar-refractivity contribution in [2.45, 2.75) is 39.2 Å². The molecule has 0 saturated carbocycles. The Morgan fingerprint density at radius 3 is 2.62 bits per heavy atom. The summed E-state index contributed by atoms with van der Waals surface area (Å²) in [5.41, 5.74) is 6.24. The minimum absolute atomic E-state index is 0.0273. The third-order valence-electron chi connectivity index (χ3n) is 2.53. The molecule has 0 fully saturated rings. The fraction of sp³-hybridized carbons (Fsp3) is 0.800. The number of nitrogens with two attached hydrogens (primary N) is 1. The van der Waals surface area contributed by atoms with Crippen molar-refractivity contribution < 1.29 is 5.11 Å². The van der Waals surface area contributed by atoms with Crippen LogP contribution in [0.15, 0.2) is 11.5 Å². The van der Waals surface area contributed by atoms with Gasteiger partial charge >= 0.3 is 0 Å². The standard InChI is InChI=1S/C10H20BNO/c1-8(10(3,12)7-13)5-4-6-9(2)11/h6,8,13H,4-5,7,12H2,1-3H3/b9-6+/t8-,10-/m0/s1. The first-order valence-electron chi connectivity index (χ1n) is 4.72. The highest BCUT2D eigenvalue weighted by Crippen LogP contribution is 2.18. The molecule has 3 heteroatoms. The highest BCUT2D eigenvalue weighted by atomic mass is 16.3. The molecule has 0 aliphatic carbocycles. The van der Waals surface area contributed by atoms with Crippen molar-refractivity contribution in [1.29, 1.82) is 0 Å². The third kappa shape index (κ3) is 5.11. The normalized spacial score (nSPS) is 19.6. The van der Waals surface area contributed by atoms with Crippen molar-refractivity contribution in [1.82, 2.24) is 0 Å². The lowest BCUT2D eigenvalue weighted by atomic mass is 9.84. The van der Waals surface area contributed by atoms with Gasteiger partial charge in [0.15, 0.2) is 0 Å². The van der Waals surface area contributed by atoms with Crippen molar-refractivity contribution in [2.75, 3.05) is 6.61 Å². The van der Waals surface area contributed by atoms with Gasteiger partial charge in [-0.15, -0.1) is 5.47 Å². The van der Waals surface area contributed by atoms with Crippen molar-refractivity contribution in [3.8, 4) is 0 Å². The monoisotopic (exact) mass is 181 g/mol. The Balaban J connectivity index is 3.87. The largest absolute Gasteiger partial charge is 0.394 e. The van der Waals surface area contributed by atoms with Gasteiger partial charge in [-0.1, -0.05) is 19.9 Å². The second-order valence-corrected chi connectivity index (χ2v) is 4.09. The van der Waals surface area contributed by atoms with Crippen LogP contribution in [0.3, 0.4) is 0 Å². The minimum atomic E-state index is -0.476. The van der Waals surface area contributed by atoms with Crippen LogP contribution in [0.5, 0.6) is 0 Å². The molecular formula is C10H20BNO. The average Bonchev–Trinajstić information content (AvgIpc) is 2.03. The van der Waals surface area contributed by atoms with Gasteiger partial charge < -0.3 is 10.8 Å². The summed E-state index contributed by atoms with van der Waals surface area (Å²) in [6.07, 6.45) is 3.88. The number of rotatable bonds is 5. The molecule has 13 heavy (non-hydrogen) atoms. The molecule has 0 unspecified atom stereocenters. The molecule has 0 saturated heterocycles. The van der Waals surface area contributed by atoms with Gasteiger partial charge in [0, 0.05) is 5.54 Å². The van der Waals surface area contributed by atoms with Gasteiger partial charge in [-0.2, -0.15) is 0 Å². The summed E-state index contributed by atoms with van der Waals surface area (Å²) in [4.78, 5) is 0. The van der Waals surface area contributed by atoms with E-state index in [0.717, 1.165) is 18.3 Å². The molecule has 74 valence electrons. The molecular weight excluding hydrogens is 161 g/mol. The molecule has 2 radical (unpaired) electrons. The number of hydrogen-bond acceptors (Lipinski definition) is 2. The summed E-state index contributed by atoms with van der Waals surface area (Å²) in [7, 11) is 5.50. The zero-order valence-corrected chi connectivity index (χ0v) is 8.88. The van der Waals surface area contributed by atoms with Gasteiger partial charge in [-0.3, -0.25) is 0 Å². The fourth-order valence-electron chi connectivity index (χ4n) is 1.05. The maximum absolute atomic E-state index is 9.01. The molecule has 2 nitrogen and oxygen atoms in total. The van der Waals surface area contributed by atoms with Crippen molar-refractivity contribution in [3.63, 3.8) is 0 Å². The third-order valence-corrected chi connectivity index (χ3v) is 2.53. The zero-order valence-electron chi connectivity index (χ0n) is 8.88. The summed E-state index contributed by atoms with van der Waals surface area (Å²) in [6, 6.07) is 0. The van der Waals surface area contributed by atoms with E-state index in [2.05, 4.69) is 6.92 Å². The lowest BCUT2D eigenvalue weighted by Crippen LogP contribution is -2.46. The lowest BCUT2D eigenvalue weighted by molar-refractivity contribution is 0.157. The van der Waals surface area contributed by atoms with Crippen LogP contribution in [-0.4, -0.2) is 25.1 Å². The fourth-order valence-corrected chi connectivity index (χ4v) is 1.05. The first-order valence-corrected chi connectivity index (χ1v) is 4.72. The average molecular weight is 181 g/mol. The molecule has 0 spiro atoms. The molecule has 0 aromatic heterocycles. The summed E-state index contributed by atoms with van der Waals surface area (Å²) < 4.78 is 0. The Hall–Kier alpha value is -0.275. The summed E-state index contributed by atoms with van der Waals surface area (Å²) >= 11 is 0. The van der Waals surface area contributed by atoms with E-state index in [1.807, 2.05) is 19.9 Å². The van der Waals surface area contributed by atoms with E-state index in [9.17, 15) is 0 Å². The highest BCUT2D eigenvalue weighted by molar-refractivity contribution is 6.21. The molecule has 0 aliphatic rings. The van der Waals surface area contributed by atoms with Crippen LogP contribution >= 0.6 is 0 Å². The van der Waals surface area contributed by atoms with Crippen molar-refractivity contribution in [2.24, 2.45) is 11.7 Å². The first kappa shape index (κ1) is 12.7. The van der Waals surface area contributed by atoms with Crippen LogP contribution in [0, 0.1) is 5.92 Å².